The van der Waals surface area contributed by atoms with E-state index in [0.717, 1.165) is 25.1 Å². The minimum atomic E-state index is -0.770. The van der Waals surface area contributed by atoms with E-state index in [-0.39, 0.29) is 6.61 Å². The average molecular weight is 299 g/mol. The predicted molar refractivity (Wildman–Crippen MR) is 81.7 cm³/mol. The summed E-state index contributed by atoms with van der Waals surface area (Å²) in [4.78, 5) is 10.2. The minimum absolute atomic E-state index is 0.239. The fourth-order valence-electron chi connectivity index (χ4n) is 2.16. The summed E-state index contributed by atoms with van der Waals surface area (Å²) in [6, 6.07) is 9.73. The fraction of sp³-hybridized carbons (Fsp3) is 0.533. The van der Waals surface area contributed by atoms with Gasteiger partial charge in [0.05, 0.1) is 0 Å². The molecule has 1 saturated heterocycles. The second kappa shape index (κ2) is 8.25. The van der Waals surface area contributed by atoms with Crippen LogP contribution >= 0.6 is 11.6 Å². The summed E-state index contributed by atoms with van der Waals surface area (Å²) in [5, 5.41) is 3.30. The van der Waals surface area contributed by atoms with Crippen molar-refractivity contribution in [2.24, 2.45) is 11.1 Å². The number of ether oxygens (including phenoxy) is 1. The van der Waals surface area contributed by atoms with E-state index in [1.54, 1.807) is 0 Å². The van der Waals surface area contributed by atoms with Crippen LogP contribution in [0.3, 0.4) is 0 Å². The molecule has 1 aromatic carbocycles. The number of nitrogens with one attached hydrogen (secondary N) is 1. The predicted octanol–water partition coefficient (Wildman–Crippen LogP) is 2.90. The number of halogens is 1. The van der Waals surface area contributed by atoms with Crippen LogP contribution in [0.25, 0.3) is 0 Å². The molecule has 1 aromatic rings. The van der Waals surface area contributed by atoms with Crippen molar-refractivity contribution in [2.45, 2.75) is 32.9 Å². The van der Waals surface area contributed by atoms with Gasteiger partial charge in [0.2, 0.25) is 0 Å². The molecule has 3 N–H and O–H groups in total. The van der Waals surface area contributed by atoms with Gasteiger partial charge in [0.25, 0.3) is 0 Å². The van der Waals surface area contributed by atoms with Crippen molar-refractivity contribution >= 4 is 17.0 Å². The van der Waals surface area contributed by atoms with Crippen LogP contribution in [0.5, 0.6) is 0 Å². The molecule has 1 atom stereocenters. The van der Waals surface area contributed by atoms with Crippen LogP contribution in [0, 0.1) is 5.41 Å². The molecule has 0 spiro atoms. The lowest BCUT2D eigenvalue weighted by Gasteiger charge is -2.33. The first-order valence-electron chi connectivity index (χ1n) is 6.71. The lowest BCUT2D eigenvalue weighted by molar-refractivity contribution is 0.167. The number of piperidine rings is 1. The van der Waals surface area contributed by atoms with E-state index < -0.39 is 5.43 Å². The molecule has 20 heavy (non-hydrogen) atoms. The molecule has 2 rings (SSSR count). The van der Waals surface area contributed by atoms with Crippen molar-refractivity contribution in [3.8, 4) is 0 Å². The molecule has 1 fully saturated rings. The SMILES string of the molecule is CC1(C)CNC[C@@H](N)C1.O=C(Cl)OCc1ccccc1. The molecule has 0 unspecified atom stereocenters. The summed E-state index contributed by atoms with van der Waals surface area (Å²) < 4.78 is 4.55. The molecule has 0 aromatic heterocycles. The van der Waals surface area contributed by atoms with E-state index in [0.29, 0.717) is 11.5 Å². The first-order valence-corrected chi connectivity index (χ1v) is 7.09. The molecule has 1 aliphatic rings. The Balaban J connectivity index is 0.000000204. The molecule has 112 valence electrons. The zero-order valence-electron chi connectivity index (χ0n) is 12.1. The smallest absolute Gasteiger partial charge is 0.404 e. The number of rotatable bonds is 2. The second-order valence-electron chi connectivity index (χ2n) is 5.77. The van der Waals surface area contributed by atoms with Crippen molar-refractivity contribution in [1.82, 2.24) is 5.32 Å². The zero-order chi connectivity index (χ0) is 15.0. The van der Waals surface area contributed by atoms with Gasteiger partial charge < -0.3 is 15.8 Å². The Morgan fingerprint density at radius 1 is 1.45 bits per heavy atom. The van der Waals surface area contributed by atoms with E-state index in [4.69, 9.17) is 17.3 Å². The normalized spacial score (nSPS) is 20.5. The Morgan fingerprint density at radius 3 is 2.55 bits per heavy atom. The topological polar surface area (TPSA) is 64.3 Å². The average Bonchev–Trinajstić information content (AvgIpc) is 2.37. The maximum Gasteiger partial charge on any atom is 0.404 e. The van der Waals surface area contributed by atoms with Gasteiger partial charge in [0, 0.05) is 30.7 Å². The second-order valence-corrected chi connectivity index (χ2v) is 6.08. The maximum atomic E-state index is 10.2. The van der Waals surface area contributed by atoms with E-state index in [1.807, 2.05) is 30.3 Å². The molecule has 4 nitrogen and oxygen atoms in total. The number of carbonyl (C=O) groups is 1. The molecular weight excluding hydrogens is 276 g/mol. The third kappa shape index (κ3) is 7.48. The molecule has 1 aliphatic heterocycles. The van der Waals surface area contributed by atoms with Crippen LogP contribution in [-0.4, -0.2) is 24.6 Å². The van der Waals surface area contributed by atoms with Gasteiger partial charge in [0.15, 0.2) is 0 Å². The number of benzene rings is 1. The summed E-state index contributed by atoms with van der Waals surface area (Å²) >= 11 is 4.97. The van der Waals surface area contributed by atoms with Gasteiger partial charge in [-0.25, -0.2) is 4.79 Å². The standard InChI is InChI=1S/C8H7ClO2.C7H16N2/c9-8(10)11-6-7-4-2-1-3-5-7;1-7(2)3-6(8)4-9-5-7/h1-5H,6H2;6,9H,3-5,8H2,1-2H3/t;6-/m.0/s1. The molecule has 5 heteroatoms. The highest BCUT2D eigenvalue weighted by atomic mass is 35.5. The van der Waals surface area contributed by atoms with Crippen LogP contribution in [-0.2, 0) is 11.3 Å². The fourth-order valence-corrected chi connectivity index (χ4v) is 2.22. The molecule has 0 saturated carbocycles. The Labute approximate surface area is 125 Å². The Kier molecular flexibility index (Phi) is 6.99. The van der Waals surface area contributed by atoms with Gasteiger partial charge in [-0.2, -0.15) is 0 Å². The highest BCUT2D eigenvalue weighted by Crippen LogP contribution is 2.22. The highest BCUT2D eigenvalue weighted by molar-refractivity contribution is 6.61. The molecular formula is C15H23ClN2O2. The first kappa shape index (κ1) is 17.0. The van der Waals surface area contributed by atoms with Crippen LogP contribution in [0.2, 0.25) is 0 Å². The first-order chi connectivity index (χ1) is 9.39. The maximum absolute atomic E-state index is 10.2. The van der Waals surface area contributed by atoms with Crippen molar-refractivity contribution in [1.29, 1.82) is 0 Å². The third-order valence-electron chi connectivity index (χ3n) is 3.02. The molecule has 0 radical (unpaired) electrons. The number of hydrogen-bond donors (Lipinski definition) is 2. The van der Waals surface area contributed by atoms with Crippen molar-refractivity contribution in [2.75, 3.05) is 13.1 Å². The summed E-state index contributed by atoms with van der Waals surface area (Å²) in [6.45, 7) is 6.84. The quantitative estimate of drug-likeness (QED) is 0.824. The van der Waals surface area contributed by atoms with E-state index >= 15 is 0 Å². The largest absolute Gasteiger partial charge is 0.449 e. The Morgan fingerprint density at radius 2 is 2.10 bits per heavy atom. The summed E-state index contributed by atoms with van der Waals surface area (Å²) in [7, 11) is 0. The number of carbonyl (C=O) groups excluding carboxylic acids is 1. The summed E-state index contributed by atoms with van der Waals surface area (Å²) in [6.07, 6.45) is 1.15. The van der Waals surface area contributed by atoms with E-state index in [2.05, 4.69) is 23.9 Å². The third-order valence-corrected chi connectivity index (χ3v) is 3.13. The van der Waals surface area contributed by atoms with Gasteiger partial charge >= 0.3 is 5.43 Å². The lowest BCUT2D eigenvalue weighted by Crippen LogP contribution is -2.47. The number of nitrogens with two attached hydrogens (primary N) is 1. The Bertz CT molecular complexity index is 410. The van der Waals surface area contributed by atoms with E-state index in [9.17, 15) is 4.79 Å². The molecule has 1 heterocycles. The van der Waals surface area contributed by atoms with Gasteiger partial charge in [-0.05, 0) is 17.4 Å². The summed E-state index contributed by atoms with van der Waals surface area (Å²) in [5.74, 6) is 0. The summed E-state index contributed by atoms with van der Waals surface area (Å²) in [5.41, 5.74) is 6.32. The van der Waals surface area contributed by atoms with Crippen molar-refractivity contribution in [3.05, 3.63) is 35.9 Å². The molecule has 0 aliphatic carbocycles. The minimum Gasteiger partial charge on any atom is -0.449 e. The lowest BCUT2D eigenvalue weighted by atomic mass is 9.83. The Hall–Kier alpha value is -1.10. The number of hydrogen-bond acceptors (Lipinski definition) is 4. The van der Waals surface area contributed by atoms with Crippen molar-refractivity contribution < 1.29 is 9.53 Å². The highest BCUT2D eigenvalue weighted by Gasteiger charge is 2.24. The van der Waals surface area contributed by atoms with Gasteiger partial charge in [-0.15, -0.1) is 0 Å². The molecule has 0 amide bonds. The van der Waals surface area contributed by atoms with Crippen LogP contribution in [0.15, 0.2) is 30.3 Å². The van der Waals surface area contributed by atoms with Crippen molar-refractivity contribution in [3.63, 3.8) is 0 Å². The molecule has 0 bridgehead atoms. The van der Waals surface area contributed by atoms with Gasteiger partial charge in [0.1, 0.15) is 6.61 Å². The van der Waals surface area contributed by atoms with Crippen LogP contribution < -0.4 is 11.1 Å². The zero-order valence-corrected chi connectivity index (χ0v) is 12.8. The van der Waals surface area contributed by atoms with Crippen LogP contribution in [0.4, 0.5) is 4.79 Å². The monoisotopic (exact) mass is 298 g/mol. The van der Waals surface area contributed by atoms with Gasteiger partial charge in [-0.3, -0.25) is 0 Å². The van der Waals surface area contributed by atoms with Gasteiger partial charge in [-0.1, -0.05) is 44.2 Å². The van der Waals surface area contributed by atoms with E-state index in [1.165, 1.54) is 0 Å². The van der Waals surface area contributed by atoms with Crippen LogP contribution in [0.1, 0.15) is 25.8 Å².